The van der Waals surface area contributed by atoms with Crippen LogP contribution in [-0.2, 0) is 6.42 Å². The summed E-state index contributed by atoms with van der Waals surface area (Å²) >= 11 is 0. The zero-order valence-corrected chi connectivity index (χ0v) is 12.8. The molecule has 1 aliphatic rings. The second-order valence-electron chi connectivity index (χ2n) is 5.85. The molecule has 0 aromatic heterocycles. The van der Waals surface area contributed by atoms with E-state index in [1.54, 1.807) is 13.0 Å². The Morgan fingerprint density at radius 2 is 2.09 bits per heavy atom. The summed E-state index contributed by atoms with van der Waals surface area (Å²) in [5.41, 5.74) is 3.15. The van der Waals surface area contributed by atoms with E-state index < -0.39 is 18.7 Å². The average molecular weight is 314 g/mol. The fourth-order valence-electron chi connectivity index (χ4n) is 2.75. The number of rotatable bonds is 5. The first-order chi connectivity index (χ1) is 10.3. The molecule has 0 radical (unpaired) electrons. The maximum absolute atomic E-state index is 12.1. The van der Waals surface area contributed by atoms with E-state index in [1.807, 2.05) is 18.2 Å². The fraction of sp³-hybridized carbons (Fsp3) is 0.529. The second kappa shape index (κ2) is 6.73. The molecule has 0 amide bonds. The number of halogens is 3. The Morgan fingerprint density at radius 1 is 1.36 bits per heavy atom. The van der Waals surface area contributed by atoms with Gasteiger partial charge in [0.15, 0.2) is 0 Å². The lowest BCUT2D eigenvalue weighted by Gasteiger charge is -2.25. The van der Waals surface area contributed by atoms with Crippen LogP contribution in [0.4, 0.5) is 13.2 Å². The Kier molecular flexibility index (Phi) is 5.16. The number of ether oxygens (including phenoxy) is 1. The summed E-state index contributed by atoms with van der Waals surface area (Å²) < 4.78 is 41.6. The number of aliphatic hydroxyl groups excluding tert-OH is 1. The first-order valence-corrected chi connectivity index (χ1v) is 7.48. The van der Waals surface area contributed by atoms with Crippen LogP contribution in [0.3, 0.4) is 0 Å². The van der Waals surface area contributed by atoms with Gasteiger partial charge in [-0.25, -0.2) is 0 Å². The quantitative estimate of drug-likeness (QED) is 0.818. The van der Waals surface area contributed by atoms with Crippen LogP contribution < -0.4 is 4.74 Å². The van der Waals surface area contributed by atoms with Crippen LogP contribution >= 0.6 is 0 Å². The third-order valence-corrected chi connectivity index (χ3v) is 3.89. The van der Waals surface area contributed by atoms with E-state index in [9.17, 15) is 18.3 Å². The molecule has 0 heterocycles. The average Bonchev–Trinajstić information content (AvgIpc) is 2.41. The van der Waals surface area contributed by atoms with Gasteiger partial charge in [-0.2, -0.15) is 13.2 Å². The Labute approximate surface area is 128 Å². The van der Waals surface area contributed by atoms with Crippen molar-refractivity contribution >= 4 is 6.08 Å². The van der Waals surface area contributed by atoms with Crippen LogP contribution in [0.1, 0.15) is 37.8 Å². The van der Waals surface area contributed by atoms with E-state index >= 15 is 0 Å². The van der Waals surface area contributed by atoms with Crippen molar-refractivity contribution in [2.24, 2.45) is 5.92 Å². The zero-order valence-electron chi connectivity index (χ0n) is 12.8. The second-order valence-corrected chi connectivity index (χ2v) is 5.85. The van der Waals surface area contributed by atoms with E-state index in [0.717, 1.165) is 23.1 Å². The summed E-state index contributed by atoms with van der Waals surface area (Å²) in [5.74, 6) is 0.843. The van der Waals surface area contributed by atoms with Crippen LogP contribution in [-0.4, -0.2) is 24.0 Å². The molecule has 1 aliphatic carbocycles. The summed E-state index contributed by atoms with van der Waals surface area (Å²) in [6, 6.07) is 5.54. The monoisotopic (exact) mass is 314 g/mol. The first-order valence-electron chi connectivity index (χ1n) is 7.48. The number of benzene rings is 1. The lowest BCUT2D eigenvalue weighted by Crippen LogP contribution is -2.18. The minimum Gasteiger partial charge on any atom is -0.494 e. The van der Waals surface area contributed by atoms with E-state index in [-0.39, 0.29) is 18.9 Å². The molecule has 0 fully saturated rings. The first kappa shape index (κ1) is 16.9. The molecule has 2 nitrogen and oxygen atoms in total. The van der Waals surface area contributed by atoms with Crippen molar-refractivity contribution < 1.29 is 23.0 Å². The Morgan fingerprint density at radius 3 is 2.73 bits per heavy atom. The largest absolute Gasteiger partial charge is 0.494 e. The summed E-state index contributed by atoms with van der Waals surface area (Å²) in [6.07, 6.45) is -2.68. The molecule has 0 spiro atoms. The fourth-order valence-corrected chi connectivity index (χ4v) is 2.75. The van der Waals surface area contributed by atoms with Crippen molar-refractivity contribution in [1.29, 1.82) is 0 Å². The highest BCUT2D eigenvalue weighted by molar-refractivity contribution is 5.62. The highest BCUT2D eigenvalue weighted by Crippen LogP contribution is 2.32. The smallest absolute Gasteiger partial charge is 0.389 e. The number of fused-ring (bicyclic) bond motifs is 1. The van der Waals surface area contributed by atoms with Gasteiger partial charge < -0.3 is 9.84 Å². The topological polar surface area (TPSA) is 29.5 Å². The van der Waals surface area contributed by atoms with Gasteiger partial charge in [0.05, 0.1) is 12.7 Å². The zero-order chi connectivity index (χ0) is 16.3. The van der Waals surface area contributed by atoms with Crippen molar-refractivity contribution in [2.45, 2.75) is 45.4 Å². The third kappa shape index (κ3) is 4.50. The van der Waals surface area contributed by atoms with Crippen molar-refractivity contribution in [2.75, 3.05) is 6.61 Å². The number of hydrogen-bond acceptors (Lipinski definition) is 2. The van der Waals surface area contributed by atoms with E-state index in [2.05, 4.69) is 6.92 Å². The van der Waals surface area contributed by atoms with E-state index in [0.29, 0.717) is 5.75 Å². The molecule has 22 heavy (non-hydrogen) atoms. The van der Waals surface area contributed by atoms with Gasteiger partial charge in [0.1, 0.15) is 5.75 Å². The minimum absolute atomic E-state index is 0.0386. The van der Waals surface area contributed by atoms with Crippen molar-refractivity contribution in [3.63, 3.8) is 0 Å². The molecule has 1 aromatic carbocycles. The Bertz CT molecular complexity index is 547. The predicted molar refractivity (Wildman–Crippen MR) is 79.8 cm³/mol. The molecule has 122 valence electrons. The van der Waals surface area contributed by atoms with Gasteiger partial charge >= 0.3 is 6.18 Å². The van der Waals surface area contributed by atoms with Crippen LogP contribution in [0.25, 0.3) is 6.08 Å². The van der Waals surface area contributed by atoms with Gasteiger partial charge in [0.2, 0.25) is 0 Å². The van der Waals surface area contributed by atoms with Crippen molar-refractivity contribution in [3.05, 3.63) is 34.9 Å². The van der Waals surface area contributed by atoms with Crippen LogP contribution in [0.2, 0.25) is 0 Å². The molecule has 5 heteroatoms. The maximum Gasteiger partial charge on any atom is 0.389 e. The van der Waals surface area contributed by atoms with Gasteiger partial charge in [-0.3, -0.25) is 0 Å². The third-order valence-electron chi connectivity index (χ3n) is 3.89. The summed E-state index contributed by atoms with van der Waals surface area (Å²) in [7, 11) is 0. The Balaban J connectivity index is 2.00. The highest BCUT2D eigenvalue weighted by atomic mass is 19.4. The van der Waals surface area contributed by atoms with E-state index in [1.165, 1.54) is 0 Å². The molecule has 0 saturated carbocycles. The predicted octanol–water partition coefficient (Wildman–Crippen LogP) is 4.36. The molecule has 2 rings (SSSR count). The summed E-state index contributed by atoms with van der Waals surface area (Å²) in [6.45, 7) is 3.87. The van der Waals surface area contributed by atoms with E-state index in [4.69, 9.17) is 4.74 Å². The molecule has 0 aliphatic heterocycles. The SMILES string of the molecule is CC(O)C1=Cc2ccc(OCCCC(F)(F)F)cc2C[C@H]1C. The summed E-state index contributed by atoms with van der Waals surface area (Å²) in [5, 5.41) is 9.75. The van der Waals surface area contributed by atoms with Crippen LogP contribution in [0, 0.1) is 5.92 Å². The van der Waals surface area contributed by atoms with Gasteiger partial charge in [-0.05, 0) is 54.5 Å². The highest BCUT2D eigenvalue weighted by Gasteiger charge is 2.26. The number of aliphatic hydroxyl groups is 1. The molecule has 2 atom stereocenters. The van der Waals surface area contributed by atoms with Gasteiger partial charge in [0, 0.05) is 6.42 Å². The number of hydrogen-bond donors (Lipinski definition) is 1. The van der Waals surface area contributed by atoms with Crippen molar-refractivity contribution in [3.8, 4) is 5.75 Å². The Hall–Kier alpha value is -1.49. The standard InChI is InChI=1S/C17H21F3O2/c1-11-8-14-9-15(22-7-3-6-17(18,19)20)5-4-13(14)10-16(11)12(2)21/h4-5,9-12,21H,3,6-8H2,1-2H3/t11-,12?/m1/s1. The van der Waals surface area contributed by atoms with Gasteiger partial charge in [-0.1, -0.05) is 19.1 Å². The summed E-state index contributed by atoms with van der Waals surface area (Å²) in [4.78, 5) is 0. The molecular formula is C17H21F3O2. The normalized spacial score (nSPS) is 19.4. The van der Waals surface area contributed by atoms with Crippen LogP contribution in [0.5, 0.6) is 5.75 Å². The molecule has 0 bridgehead atoms. The lowest BCUT2D eigenvalue weighted by molar-refractivity contribution is -0.136. The van der Waals surface area contributed by atoms with Crippen LogP contribution in [0.15, 0.2) is 23.8 Å². The molecular weight excluding hydrogens is 293 g/mol. The molecule has 1 N–H and O–H groups in total. The molecule has 1 aromatic rings. The molecule has 0 saturated heterocycles. The van der Waals surface area contributed by atoms with Crippen molar-refractivity contribution in [1.82, 2.24) is 0 Å². The maximum atomic E-state index is 12.1. The van der Waals surface area contributed by atoms with Gasteiger partial charge in [-0.15, -0.1) is 0 Å². The number of alkyl halides is 3. The molecule has 1 unspecified atom stereocenters. The minimum atomic E-state index is -4.13. The lowest BCUT2D eigenvalue weighted by atomic mass is 9.82. The van der Waals surface area contributed by atoms with Gasteiger partial charge in [0.25, 0.3) is 0 Å².